The molecule has 0 atom stereocenters. The van der Waals surface area contributed by atoms with E-state index in [9.17, 15) is 33.1 Å². The summed E-state index contributed by atoms with van der Waals surface area (Å²) in [5.74, 6) is -0.596. The molecular formula is C32H22ClF3N6O4S. The van der Waals surface area contributed by atoms with Crippen LogP contribution in [0.15, 0.2) is 52.8 Å². The zero-order chi connectivity index (χ0) is 33.8. The fourth-order valence-corrected chi connectivity index (χ4v) is 6.66. The lowest BCUT2D eigenvalue weighted by Crippen LogP contribution is -2.27. The molecule has 1 N–H and O–H groups in total. The highest BCUT2D eigenvalue weighted by molar-refractivity contribution is 7.18. The average molecular weight is 679 g/mol. The summed E-state index contributed by atoms with van der Waals surface area (Å²) in [6, 6.07) is 10.6. The summed E-state index contributed by atoms with van der Waals surface area (Å²) in [5.41, 5.74) is -0.961. The summed E-state index contributed by atoms with van der Waals surface area (Å²) in [5, 5.41) is 25.4. The van der Waals surface area contributed by atoms with E-state index in [2.05, 4.69) is 15.1 Å². The Labute approximate surface area is 272 Å². The number of ether oxygens (including phenoxy) is 1. The van der Waals surface area contributed by atoms with Crippen molar-refractivity contribution in [2.75, 3.05) is 6.61 Å². The van der Waals surface area contributed by atoms with Gasteiger partial charge in [0.2, 0.25) is 0 Å². The Hall–Kier alpha value is -5.26. The molecule has 238 valence electrons. The third-order valence-electron chi connectivity index (χ3n) is 7.51. The number of carboxylic acids is 1. The topological polar surface area (TPSA) is 136 Å². The van der Waals surface area contributed by atoms with Crippen LogP contribution in [0.25, 0.3) is 43.5 Å². The molecule has 0 spiro atoms. The minimum Gasteiger partial charge on any atom is -0.491 e. The van der Waals surface area contributed by atoms with Gasteiger partial charge in [0, 0.05) is 46.0 Å². The molecule has 47 heavy (non-hydrogen) atoms. The Morgan fingerprint density at radius 2 is 1.91 bits per heavy atom. The van der Waals surface area contributed by atoms with E-state index in [4.69, 9.17) is 16.3 Å². The lowest BCUT2D eigenvalue weighted by atomic mass is 9.94. The number of hydrogen-bond acceptors (Lipinski definition) is 8. The van der Waals surface area contributed by atoms with E-state index in [-0.39, 0.29) is 41.1 Å². The number of pyridine rings is 1. The Morgan fingerprint density at radius 3 is 2.57 bits per heavy atom. The van der Waals surface area contributed by atoms with Crippen LogP contribution >= 0.6 is 22.9 Å². The van der Waals surface area contributed by atoms with Gasteiger partial charge in [0.1, 0.15) is 24.3 Å². The number of nitrogens with zero attached hydrogens (tertiary/aromatic N) is 6. The van der Waals surface area contributed by atoms with Crippen molar-refractivity contribution in [3.8, 4) is 34.2 Å². The zero-order valence-electron chi connectivity index (χ0n) is 24.8. The van der Waals surface area contributed by atoms with E-state index in [0.717, 1.165) is 6.07 Å². The average Bonchev–Trinajstić information content (AvgIpc) is 3.63. The monoisotopic (exact) mass is 678 g/mol. The molecule has 0 aliphatic carbocycles. The minimum absolute atomic E-state index is 0.0621. The number of carbonyl (C=O) groups is 1. The van der Waals surface area contributed by atoms with Gasteiger partial charge >= 0.3 is 12.1 Å². The van der Waals surface area contributed by atoms with Crippen molar-refractivity contribution in [3.05, 3.63) is 91.6 Å². The maximum atomic E-state index is 14.2. The quantitative estimate of drug-likeness (QED) is 0.190. The van der Waals surface area contributed by atoms with Gasteiger partial charge < -0.3 is 9.84 Å². The van der Waals surface area contributed by atoms with Crippen LogP contribution in [-0.2, 0) is 19.8 Å². The van der Waals surface area contributed by atoms with Crippen LogP contribution in [0.1, 0.15) is 33.0 Å². The molecule has 0 bridgehead atoms. The summed E-state index contributed by atoms with van der Waals surface area (Å²) in [6.07, 6.45) is -3.41. The lowest BCUT2D eigenvalue weighted by Gasteiger charge is -2.18. The maximum Gasteiger partial charge on any atom is 0.417 e. The summed E-state index contributed by atoms with van der Waals surface area (Å²) >= 11 is 7.57. The number of rotatable bonds is 7. The van der Waals surface area contributed by atoms with Gasteiger partial charge in [-0.05, 0) is 50.2 Å². The van der Waals surface area contributed by atoms with Crippen molar-refractivity contribution in [1.29, 1.82) is 5.26 Å². The third kappa shape index (κ3) is 5.68. The molecular weight excluding hydrogens is 657 g/mol. The predicted octanol–water partition coefficient (Wildman–Crippen LogP) is 7.01. The zero-order valence-corrected chi connectivity index (χ0v) is 26.4. The van der Waals surface area contributed by atoms with Gasteiger partial charge in [-0.1, -0.05) is 11.6 Å². The van der Waals surface area contributed by atoms with Gasteiger partial charge in [-0.15, -0.1) is 11.3 Å². The van der Waals surface area contributed by atoms with Gasteiger partial charge in [0.15, 0.2) is 0 Å². The third-order valence-corrected chi connectivity index (χ3v) is 8.75. The molecule has 2 aromatic carbocycles. The van der Waals surface area contributed by atoms with E-state index in [1.54, 1.807) is 37.3 Å². The number of benzene rings is 2. The van der Waals surface area contributed by atoms with Crippen LogP contribution in [0, 0.1) is 25.2 Å². The summed E-state index contributed by atoms with van der Waals surface area (Å²) < 4.78 is 51.9. The standard InChI is InChI=1S/C32H22ClF3N6O4S/c1-15-10-19(29-28(38-15)21(14-47-29)31(44)45)18-11-17(33)4-5-25(18)46-9-8-42-16(2)39-24-12-22(32(34,35)36)26(23-6-7-41(3)40-23)20(13-37)27(24)30(42)43/h4-7,10-12,14H,8-9H2,1-3H3,(H,44,45). The number of thiophene rings is 1. The van der Waals surface area contributed by atoms with Crippen molar-refractivity contribution >= 4 is 50.0 Å². The number of carboxylic acid groups (broad SMARTS) is 1. The first-order valence-electron chi connectivity index (χ1n) is 13.9. The predicted molar refractivity (Wildman–Crippen MR) is 170 cm³/mol. The van der Waals surface area contributed by atoms with Gasteiger partial charge in [0.25, 0.3) is 5.56 Å². The molecule has 0 aliphatic heterocycles. The van der Waals surface area contributed by atoms with E-state index < -0.39 is 34.4 Å². The molecule has 0 fully saturated rings. The molecule has 4 heterocycles. The summed E-state index contributed by atoms with van der Waals surface area (Å²) in [6.45, 7) is 3.09. The van der Waals surface area contributed by atoms with Gasteiger partial charge in [-0.2, -0.15) is 23.5 Å². The van der Waals surface area contributed by atoms with Crippen molar-refractivity contribution in [1.82, 2.24) is 24.3 Å². The van der Waals surface area contributed by atoms with Crippen LogP contribution in [0.5, 0.6) is 5.75 Å². The Bertz CT molecular complexity index is 2360. The molecule has 0 radical (unpaired) electrons. The summed E-state index contributed by atoms with van der Waals surface area (Å²) in [7, 11) is 1.53. The SMILES string of the molecule is Cc1cc(-c2cc(Cl)ccc2OCCn2c(C)nc3cc(C(F)(F)F)c(-c4ccn(C)n4)c(C#N)c3c2=O)c2scc(C(=O)O)c2n1. The molecule has 0 saturated carbocycles. The minimum atomic E-state index is -4.85. The fourth-order valence-electron chi connectivity index (χ4n) is 5.48. The summed E-state index contributed by atoms with van der Waals surface area (Å²) in [4.78, 5) is 34.3. The Balaban J connectivity index is 1.41. The second-order valence-corrected chi connectivity index (χ2v) is 11.9. The number of nitriles is 1. The smallest absolute Gasteiger partial charge is 0.417 e. The lowest BCUT2D eigenvalue weighted by molar-refractivity contribution is -0.137. The molecule has 0 saturated heterocycles. The number of alkyl halides is 3. The number of halogens is 4. The van der Waals surface area contributed by atoms with Crippen molar-refractivity contribution < 1.29 is 27.8 Å². The van der Waals surface area contributed by atoms with Crippen molar-refractivity contribution in [3.63, 3.8) is 0 Å². The highest BCUT2D eigenvalue weighted by Gasteiger charge is 2.37. The second kappa shape index (κ2) is 11.8. The molecule has 0 unspecified atom stereocenters. The van der Waals surface area contributed by atoms with Crippen LogP contribution in [0.3, 0.4) is 0 Å². The van der Waals surface area contributed by atoms with Crippen molar-refractivity contribution in [2.45, 2.75) is 26.6 Å². The van der Waals surface area contributed by atoms with E-state index in [1.807, 2.05) is 0 Å². The molecule has 4 aromatic heterocycles. The number of fused-ring (bicyclic) bond motifs is 2. The van der Waals surface area contributed by atoms with E-state index in [0.29, 0.717) is 37.8 Å². The first kappa shape index (κ1) is 31.7. The largest absolute Gasteiger partial charge is 0.491 e. The van der Waals surface area contributed by atoms with Gasteiger partial charge in [-0.3, -0.25) is 19.0 Å². The molecule has 0 aliphatic rings. The first-order chi connectivity index (χ1) is 22.3. The molecule has 6 rings (SSSR count). The molecule has 6 aromatic rings. The molecule has 10 nitrogen and oxygen atoms in total. The van der Waals surface area contributed by atoms with E-state index >= 15 is 0 Å². The number of aromatic nitrogens is 5. The maximum absolute atomic E-state index is 14.2. The van der Waals surface area contributed by atoms with Crippen LogP contribution in [-0.4, -0.2) is 42.0 Å². The van der Waals surface area contributed by atoms with Crippen LogP contribution in [0.4, 0.5) is 13.2 Å². The Kier molecular flexibility index (Phi) is 7.98. The fraction of sp³-hybridized carbons (Fsp3) is 0.188. The van der Waals surface area contributed by atoms with Crippen LogP contribution in [0.2, 0.25) is 5.02 Å². The van der Waals surface area contributed by atoms with Gasteiger partial charge in [0.05, 0.1) is 50.0 Å². The van der Waals surface area contributed by atoms with Crippen molar-refractivity contribution in [2.24, 2.45) is 7.05 Å². The second-order valence-electron chi connectivity index (χ2n) is 10.6. The number of hydrogen-bond donors (Lipinski definition) is 1. The first-order valence-corrected chi connectivity index (χ1v) is 15.1. The normalized spacial score (nSPS) is 11.7. The highest BCUT2D eigenvalue weighted by atomic mass is 35.5. The van der Waals surface area contributed by atoms with E-state index in [1.165, 1.54) is 52.2 Å². The number of aromatic carboxylic acids is 1. The van der Waals surface area contributed by atoms with Crippen LogP contribution < -0.4 is 10.3 Å². The van der Waals surface area contributed by atoms with Gasteiger partial charge in [-0.25, -0.2) is 9.78 Å². The molecule has 15 heteroatoms. The number of aryl methyl sites for hydroxylation is 3. The Morgan fingerprint density at radius 1 is 1.15 bits per heavy atom. The highest BCUT2D eigenvalue weighted by Crippen LogP contribution is 2.42. The molecule has 0 amide bonds.